The fraction of sp³-hybridized carbons (Fsp3) is 0.694. The lowest BCUT2D eigenvalue weighted by molar-refractivity contribution is -0.161. The molecule has 104 heavy (non-hydrogen) atoms. The molecule has 0 bridgehead atoms. The van der Waals surface area contributed by atoms with E-state index in [0.717, 1.165) is 167 Å². The molecule has 0 aliphatic rings. The molecule has 596 valence electrons. The second kappa shape index (κ2) is 76.4. The van der Waals surface area contributed by atoms with Crippen molar-refractivity contribution >= 4 is 39.5 Å². The van der Waals surface area contributed by atoms with Crippen molar-refractivity contribution in [2.45, 2.75) is 341 Å². The zero-order chi connectivity index (χ0) is 76.0. The first kappa shape index (κ1) is 99.2. The number of rotatable bonds is 75. The van der Waals surface area contributed by atoms with Crippen LogP contribution in [0.2, 0.25) is 0 Å². The van der Waals surface area contributed by atoms with Crippen molar-refractivity contribution < 1.29 is 80.2 Å². The Morgan fingerprint density at radius 3 is 0.808 bits per heavy atom. The Kier molecular flexibility index (Phi) is 72.9. The van der Waals surface area contributed by atoms with Gasteiger partial charge in [-0.3, -0.25) is 37.3 Å². The maximum atomic E-state index is 13.1. The highest BCUT2D eigenvalue weighted by Crippen LogP contribution is 2.45. The van der Waals surface area contributed by atoms with Crippen molar-refractivity contribution in [1.29, 1.82) is 0 Å². The average molecular weight is 1500 g/mol. The second-order valence-electron chi connectivity index (χ2n) is 26.6. The van der Waals surface area contributed by atoms with Crippen LogP contribution in [0.25, 0.3) is 0 Å². The molecular weight excluding hydrogens is 1350 g/mol. The summed E-state index contributed by atoms with van der Waals surface area (Å²) < 4.78 is 68.6. The van der Waals surface area contributed by atoms with Gasteiger partial charge in [0.25, 0.3) is 0 Å². The Bertz CT molecular complexity index is 2490. The van der Waals surface area contributed by atoms with Gasteiger partial charge in [0.1, 0.15) is 19.3 Å². The maximum absolute atomic E-state index is 13.1. The molecule has 0 aromatic rings. The number of carbonyl (C=O) groups excluding carboxylic acids is 4. The summed E-state index contributed by atoms with van der Waals surface area (Å²) >= 11 is 0. The third-order valence-electron chi connectivity index (χ3n) is 16.6. The van der Waals surface area contributed by atoms with Crippen LogP contribution in [-0.4, -0.2) is 96.7 Å². The predicted molar refractivity (Wildman–Crippen MR) is 427 cm³/mol. The van der Waals surface area contributed by atoms with E-state index >= 15 is 0 Å². The SMILES string of the molecule is CC/C=C\C/C=C\C/C=C\C/C=C\C/C=C\CCCCCC(=O)OCC(COP(=O)(O)OCC(O)COP(=O)(O)OCC(COC(=O)CCCC/C=C\C/C=C\C/C=C\C/C=C\CC)OC(=O)CCCCCCC/C=C\CCCCCCCC)OC(=O)CCCCCCC/C=C\CCCCCCCC. The number of unbranched alkanes of at least 4 members (excludes halogenated alkanes) is 27. The van der Waals surface area contributed by atoms with Crippen LogP contribution in [0.3, 0.4) is 0 Å². The summed E-state index contributed by atoms with van der Waals surface area (Å²) in [5, 5.41) is 10.6. The molecular formula is C85H144O17P2. The molecule has 17 nitrogen and oxygen atoms in total. The topological polar surface area (TPSA) is 237 Å². The first-order valence-corrected chi connectivity index (χ1v) is 43.4. The van der Waals surface area contributed by atoms with E-state index in [1.807, 2.05) is 0 Å². The maximum Gasteiger partial charge on any atom is 0.472 e. The smallest absolute Gasteiger partial charge is 0.462 e. The van der Waals surface area contributed by atoms with Gasteiger partial charge in [0.15, 0.2) is 12.2 Å². The Morgan fingerprint density at radius 2 is 0.500 bits per heavy atom. The van der Waals surface area contributed by atoms with E-state index in [1.54, 1.807) is 0 Å². The van der Waals surface area contributed by atoms with Crippen LogP contribution >= 0.6 is 15.6 Å². The quantitative estimate of drug-likeness (QED) is 0.0169. The number of hydrogen-bond acceptors (Lipinski definition) is 15. The Balaban J connectivity index is 5.44. The lowest BCUT2D eigenvalue weighted by Crippen LogP contribution is -2.30. The number of allylic oxidation sites excluding steroid dienone is 22. The van der Waals surface area contributed by atoms with E-state index in [0.29, 0.717) is 25.7 Å². The van der Waals surface area contributed by atoms with Gasteiger partial charge in [0.2, 0.25) is 0 Å². The van der Waals surface area contributed by atoms with Crippen molar-refractivity contribution in [1.82, 2.24) is 0 Å². The second-order valence-corrected chi connectivity index (χ2v) is 29.5. The first-order valence-electron chi connectivity index (χ1n) is 40.4. The highest BCUT2D eigenvalue weighted by molar-refractivity contribution is 7.47. The summed E-state index contributed by atoms with van der Waals surface area (Å²) in [6.07, 6.45) is 85.7. The highest BCUT2D eigenvalue weighted by atomic mass is 31.2. The molecule has 0 saturated carbocycles. The third-order valence-corrected chi connectivity index (χ3v) is 18.5. The van der Waals surface area contributed by atoms with Crippen LogP contribution in [0.1, 0.15) is 323 Å². The van der Waals surface area contributed by atoms with Crippen molar-refractivity contribution in [3.05, 3.63) is 134 Å². The molecule has 5 atom stereocenters. The molecule has 0 heterocycles. The number of carbonyl (C=O) groups is 4. The van der Waals surface area contributed by atoms with E-state index in [2.05, 4.69) is 161 Å². The Hall–Kier alpha value is -4.80. The van der Waals surface area contributed by atoms with Crippen molar-refractivity contribution in [2.75, 3.05) is 39.6 Å². The molecule has 19 heteroatoms. The largest absolute Gasteiger partial charge is 0.472 e. The standard InChI is InChI=1S/C85H144O17P2/c1-5-9-13-17-21-25-29-33-37-38-39-40-44-46-50-54-58-62-66-70-83(88)96-76-81(102-85(90)72-68-64-60-56-52-48-43-36-32-28-24-20-16-12-8-4)78-100-104(93,94)98-74-79(86)73-97-103(91,92)99-77-80(101-84(89)71-67-63-59-55-51-47-42-35-31-27-23-19-15-11-7-3)75-95-82(87)69-65-61-57-53-49-45-41-34-30-26-22-18-14-10-6-2/h9-10,13-14,21-22,25-26,33-37,39-43,46,49-50,53,79-81,86H,5-8,11-12,15-20,23-24,27-32,38,44-45,47-48,51-52,54-78H2,1-4H3,(H,91,92)(H,93,94)/b13-9-,14-10-,25-21-,26-22-,37-33-,40-39-,41-34-,42-35-,43-36-,50-46-,53-49-. The Labute approximate surface area is 631 Å². The monoisotopic (exact) mass is 1500 g/mol. The van der Waals surface area contributed by atoms with Gasteiger partial charge in [-0.25, -0.2) is 9.13 Å². The molecule has 5 unspecified atom stereocenters. The molecule has 0 fully saturated rings. The van der Waals surface area contributed by atoms with Crippen LogP contribution < -0.4 is 0 Å². The van der Waals surface area contributed by atoms with Crippen LogP contribution in [-0.2, 0) is 65.4 Å². The molecule has 0 aromatic heterocycles. The summed E-state index contributed by atoms with van der Waals surface area (Å²) in [6.45, 7) is 4.55. The number of aliphatic hydroxyl groups excluding tert-OH is 1. The van der Waals surface area contributed by atoms with Gasteiger partial charge in [-0.1, -0.05) is 271 Å². The average Bonchev–Trinajstić information content (AvgIpc) is 0.918. The minimum absolute atomic E-state index is 0.0729. The number of phosphoric acid groups is 2. The molecule has 0 radical (unpaired) electrons. The predicted octanol–water partition coefficient (Wildman–Crippen LogP) is 23.7. The van der Waals surface area contributed by atoms with Gasteiger partial charge in [0, 0.05) is 25.7 Å². The van der Waals surface area contributed by atoms with E-state index in [4.69, 9.17) is 37.0 Å². The number of ether oxygens (including phenoxy) is 4. The summed E-state index contributed by atoms with van der Waals surface area (Å²) in [5.74, 6) is -2.27. The molecule has 3 N–H and O–H groups in total. The molecule has 0 amide bonds. The van der Waals surface area contributed by atoms with E-state index < -0.39 is 97.5 Å². The fourth-order valence-electron chi connectivity index (χ4n) is 10.5. The van der Waals surface area contributed by atoms with Crippen LogP contribution in [0, 0.1) is 0 Å². The zero-order valence-electron chi connectivity index (χ0n) is 65.2. The summed E-state index contributed by atoms with van der Waals surface area (Å²) in [6, 6.07) is 0. The third kappa shape index (κ3) is 75.4. The molecule has 0 aromatic carbocycles. The van der Waals surface area contributed by atoms with Crippen molar-refractivity contribution in [2.24, 2.45) is 0 Å². The summed E-state index contributed by atoms with van der Waals surface area (Å²) in [7, 11) is -9.99. The van der Waals surface area contributed by atoms with Gasteiger partial charge < -0.3 is 33.8 Å². The molecule has 0 rings (SSSR count). The van der Waals surface area contributed by atoms with E-state index in [-0.39, 0.29) is 25.7 Å². The lowest BCUT2D eigenvalue weighted by Gasteiger charge is -2.21. The van der Waals surface area contributed by atoms with Crippen molar-refractivity contribution in [3.63, 3.8) is 0 Å². The van der Waals surface area contributed by atoms with Gasteiger partial charge in [-0.15, -0.1) is 0 Å². The highest BCUT2D eigenvalue weighted by Gasteiger charge is 2.30. The number of esters is 4. The number of phosphoric ester groups is 2. The fourth-order valence-corrected chi connectivity index (χ4v) is 12.0. The van der Waals surface area contributed by atoms with Crippen molar-refractivity contribution in [3.8, 4) is 0 Å². The van der Waals surface area contributed by atoms with E-state index in [9.17, 15) is 43.2 Å². The molecule has 0 spiro atoms. The minimum atomic E-state index is -4.99. The number of aliphatic hydroxyl groups is 1. The van der Waals surface area contributed by atoms with Gasteiger partial charge in [-0.05, 0) is 161 Å². The van der Waals surface area contributed by atoms with Gasteiger partial charge in [0.05, 0.1) is 26.4 Å². The molecule has 0 aliphatic carbocycles. The van der Waals surface area contributed by atoms with Gasteiger partial charge >= 0.3 is 39.5 Å². The van der Waals surface area contributed by atoms with Crippen LogP contribution in [0.15, 0.2) is 134 Å². The van der Waals surface area contributed by atoms with Crippen LogP contribution in [0.4, 0.5) is 0 Å². The van der Waals surface area contributed by atoms with Crippen LogP contribution in [0.5, 0.6) is 0 Å². The number of hydrogen-bond donors (Lipinski definition) is 3. The van der Waals surface area contributed by atoms with E-state index in [1.165, 1.54) is 77.0 Å². The minimum Gasteiger partial charge on any atom is -0.462 e. The zero-order valence-corrected chi connectivity index (χ0v) is 66.9. The normalized spacial score (nSPS) is 14.6. The summed E-state index contributed by atoms with van der Waals surface area (Å²) in [5.41, 5.74) is 0. The molecule has 0 saturated heterocycles. The lowest BCUT2D eigenvalue weighted by atomic mass is 10.1. The summed E-state index contributed by atoms with van der Waals surface area (Å²) in [4.78, 5) is 73.0. The first-order chi connectivity index (χ1) is 50.7. The molecule has 0 aliphatic heterocycles. The Morgan fingerprint density at radius 1 is 0.279 bits per heavy atom. The van der Waals surface area contributed by atoms with Gasteiger partial charge in [-0.2, -0.15) is 0 Å².